The molecule has 1 nitrogen and oxygen atoms in total. The van der Waals surface area contributed by atoms with Crippen molar-refractivity contribution < 1.29 is 0 Å². The standard InChI is InChI=1S/C13H23N/c1-4-11-7-9-12(10-8-11)13(5-2)14-6-3/h2,11-14H,4,6-10H2,1,3H3. The third-order valence-electron chi connectivity index (χ3n) is 3.54. The Balaban J connectivity index is 2.36. The fourth-order valence-electron chi connectivity index (χ4n) is 2.51. The molecule has 80 valence electrons. The molecular weight excluding hydrogens is 170 g/mol. The van der Waals surface area contributed by atoms with Gasteiger partial charge in [0.15, 0.2) is 0 Å². The minimum Gasteiger partial charge on any atom is -0.304 e. The molecule has 0 aromatic heterocycles. The van der Waals surface area contributed by atoms with Gasteiger partial charge in [0.25, 0.3) is 0 Å². The summed E-state index contributed by atoms with van der Waals surface area (Å²) < 4.78 is 0. The van der Waals surface area contributed by atoms with Gasteiger partial charge in [-0.25, -0.2) is 0 Å². The smallest absolute Gasteiger partial charge is 0.0715 e. The molecule has 0 bridgehead atoms. The first-order chi connectivity index (χ1) is 6.81. The number of rotatable bonds is 4. The van der Waals surface area contributed by atoms with Gasteiger partial charge < -0.3 is 5.32 Å². The van der Waals surface area contributed by atoms with Gasteiger partial charge in [-0.2, -0.15) is 0 Å². The fourth-order valence-corrected chi connectivity index (χ4v) is 2.51. The van der Waals surface area contributed by atoms with E-state index in [-0.39, 0.29) is 0 Å². The Morgan fingerprint density at radius 1 is 1.29 bits per heavy atom. The van der Waals surface area contributed by atoms with Crippen molar-refractivity contribution in [2.45, 2.75) is 52.0 Å². The van der Waals surface area contributed by atoms with Crippen molar-refractivity contribution >= 4 is 0 Å². The van der Waals surface area contributed by atoms with Gasteiger partial charge in [0.1, 0.15) is 0 Å². The summed E-state index contributed by atoms with van der Waals surface area (Å²) in [5.41, 5.74) is 0. The predicted molar refractivity (Wildman–Crippen MR) is 62.0 cm³/mol. The molecule has 1 heteroatoms. The first-order valence-electron chi connectivity index (χ1n) is 6.01. The van der Waals surface area contributed by atoms with Gasteiger partial charge in [-0.1, -0.05) is 39.0 Å². The number of hydrogen-bond donors (Lipinski definition) is 1. The Bertz CT molecular complexity index is 184. The number of nitrogens with one attached hydrogen (secondary N) is 1. The average Bonchev–Trinajstić information content (AvgIpc) is 2.26. The molecule has 1 aliphatic rings. The Hall–Kier alpha value is -0.480. The zero-order valence-corrected chi connectivity index (χ0v) is 9.55. The highest BCUT2D eigenvalue weighted by Gasteiger charge is 2.24. The van der Waals surface area contributed by atoms with Crippen LogP contribution in [-0.2, 0) is 0 Å². The van der Waals surface area contributed by atoms with Gasteiger partial charge in [0.2, 0.25) is 0 Å². The van der Waals surface area contributed by atoms with Crippen molar-refractivity contribution in [3.05, 3.63) is 0 Å². The molecule has 1 aliphatic carbocycles. The van der Waals surface area contributed by atoms with Gasteiger partial charge in [-0.3, -0.25) is 0 Å². The summed E-state index contributed by atoms with van der Waals surface area (Å²) in [5.74, 6) is 4.58. The van der Waals surface area contributed by atoms with Crippen molar-refractivity contribution in [2.24, 2.45) is 11.8 Å². The van der Waals surface area contributed by atoms with Crippen molar-refractivity contribution in [1.29, 1.82) is 0 Å². The van der Waals surface area contributed by atoms with Gasteiger partial charge in [-0.05, 0) is 31.2 Å². The van der Waals surface area contributed by atoms with Crippen LogP contribution in [0.3, 0.4) is 0 Å². The highest BCUT2D eigenvalue weighted by Crippen LogP contribution is 2.32. The molecule has 1 rings (SSSR count). The number of terminal acetylenes is 1. The second-order valence-electron chi connectivity index (χ2n) is 4.39. The molecule has 0 amide bonds. The van der Waals surface area contributed by atoms with Gasteiger partial charge in [0.05, 0.1) is 6.04 Å². The molecule has 1 saturated carbocycles. The Morgan fingerprint density at radius 2 is 1.93 bits per heavy atom. The van der Waals surface area contributed by atoms with Crippen LogP contribution < -0.4 is 5.32 Å². The van der Waals surface area contributed by atoms with Crippen LogP contribution in [0.2, 0.25) is 0 Å². The van der Waals surface area contributed by atoms with E-state index in [4.69, 9.17) is 6.42 Å². The van der Waals surface area contributed by atoms with E-state index in [1.165, 1.54) is 32.1 Å². The first kappa shape index (κ1) is 11.6. The molecule has 0 spiro atoms. The van der Waals surface area contributed by atoms with Crippen LogP contribution >= 0.6 is 0 Å². The van der Waals surface area contributed by atoms with E-state index in [0.29, 0.717) is 6.04 Å². The second kappa shape index (κ2) is 6.09. The summed E-state index contributed by atoms with van der Waals surface area (Å²) in [6.45, 7) is 5.42. The zero-order valence-electron chi connectivity index (χ0n) is 9.55. The predicted octanol–water partition coefficient (Wildman–Crippen LogP) is 2.81. The molecule has 0 radical (unpaired) electrons. The Kier molecular flexibility index (Phi) is 5.04. The Morgan fingerprint density at radius 3 is 2.36 bits per heavy atom. The van der Waals surface area contributed by atoms with Crippen LogP contribution in [0.5, 0.6) is 0 Å². The molecule has 0 aromatic rings. The molecule has 1 N–H and O–H groups in total. The highest BCUT2D eigenvalue weighted by atomic mass is 14.9. The third-order valence-corrected chi connectivity index (χ3v) is 3.54. The van der Waals surface area contributed by atoms with E-state index in [9.17, 15) is 0 Å². The second-order valence-corrected chi connectivity index (χ2v) is 4.39. The normalized spacial score (nSPS) is 29.5. The molecule has 0 heterocycles. The van der Waals surface area contributed by atoms with Crippen molar-refractivity contribution in [2.75, 3.05) is 6.54 Å². The minimum absolute atomic E-state index is 0.317. The van der Waals surface area contributed by atoms with E-state index in [1.807, 2.05) is 0 Å². The first-order valence-corrected chi connectivity index (χ1v) is 6.01. The maximum Gasteiger partial charge on any atom is 0.0715 e. The molecular formula is C13H23N. The van der Waals surface area contributed by atoms with Crippen molar-refractivity contribution in [3.8, 4) is 12.3 Å². The zero-order chi connectivity index (χ0) is 10.4. The maximum absolute atomic E-state index is 5.54. The Labute approximate surface area is 88.7 Å². The topological polar surface area (TPSA) is 12.0 Å². The fraction of sp³-hybridized carbons (Fsp3) is 0.846. The van der Waals surface area contributed by atoms with Crippen LogP contribution in [0.4, 0.5) is 0 Å². The van der Waals surface area contributed by atoms with Crippen LogP contribution in [-0.4, -0.2) is 12.6 Å². The van der Waals surface area contributed by atoms with Crippen LogP contribution in [0, 0.1) is 24.2 Å². The summed E-state index contributed by atoms with van der Waals surface area (Å²) in [6.07, 6.45) is 12.3. The average molecular weight is 193 g/mol. The summed E-state index contributed by atoms with van der Waals surface area (Å²) in [7, 11) is 0. The van der Waals surface area contributed by atoms with E-state index < -0.39 is 0 Å². The summed E-state index contributed by atoms with van der Waals surface area (Å²) >= 11 is 0. The third kappa shape index (κ3) is 3.03. The van der Waals surface area contributed by atoms with Crippen molar-refractivity contribution in [3.63, 3.8) is 0 Å². The van der Waals surface area contributed by atoms with E-state index in [1.54, 1.807) is 0 Å². The quantitative estimate of drug-likeness (QED) is 0.677. The van der Waals surface area contributed by atoms with Crippen LogP contribution in [0.15, 0.2) is 0 Å². The molecule has 0 aromatic carbocycles. The lowest BCUT2D eigenvalue weighted by atomic mass is 9.78. The summed E-state index contributed by atoms with van der Waals surface area (Å²) in [6, 6.07) is 0.317. The lowest BCUT2D eigenvalue weighted by Gasteiger charge is -2.31. The summed E-state index contributed by atoms with van der Waals surface area (Å²) in [5, 5.41) is 3.40. The van der Waals surface area contributed by atoms with Gasteiger partial charge >= 0.3 is 0 Å². The largest absolute Gasteiger partial charge is 0.304 e. The molecule has 14 heavy (non-hydrogen) atoms. The van der Waals surface area contributed by atoms with Crippen LogP contribution in [0.1, 0.15) is 46.0 Å². The monoisotopic (exact) mass is 193 g/mol. The molecule has 1 atom stereocenters. The molecule has 1 unspecified atom stereocenters. The van der Waals surface area contributed by atoms with E-state index in [0.717, 1.165) is 18.4 Å². The molecule has 1 fully saturated rings. The maximum atomic E-state index is 5.54. The molecule has 0 saturated heterocycles. The van der Waals surface area contributed by atoms with Crippen molar-refractivity contribution in [1.82, 2.24) is 5.32 Å². The highest BCUT2D eigenvalue weighted by molar-refractivity contribution is 5.02. The van der Waals surface area contributed by atoms with E-state index in [2.05, 4.69) is 25.1 Å². The lowest BCUT2D eigenvalue weighted by Crippen LogP contribution is -2.36. The van der Waals surface area contributed by atoms with Crippen LogP contribution in [0.25, 0.3) is 0 Å². The molecule has 0 aliphatic heterocycles. The minimum atomic E-state index is 0.317. The lowest BCUT2D eigenvalue weighted by molar-refractivity contribution is 0.242. The SMILES string of the molecule is C#CC(NCC)C1CCC(CC)CC1. The number of hydrogen-bond acceptors (Lipinski definition) is 1. The van der Waals surface area contributed by atoms with Gasteiger partial charge in [0, 0.05) is 0 Å². The van der Waals surface area contributed by atoms with E-state index >= 15 is 0 Å². The van der Waals surface area contributed by atoms with Gasteiger partial charge in [-0.15, -0.1) is 6.42 Å². The summed E-state index contributed by atoms with van der Waals surface area (Å²) in [4.78, 5) is 0.